The van der Waals surface area contributed by atoms with Gasteiger partial charge in [0.05, 0.1) is 45.9 Å². The average Bonchev–Trinajstić information content (AvgIpc) is 1.64. The number of carbonyl (C=O) groups excluding carboxylic acids is 13. The van der Waals surface area contributed by atoms with Crippen molar-refractivity contribution in [3.8, 4) is 0 Å². The third-order valence-electron chi connectivity index (χ3n) is 17.7. The van der Waals surface area contributed by atoms with E-state index in [1.807, 2.05) is 0 Å². The molecule has 1 aromatic rings. The molecule has 33 heteroatoms. The molecule has 6 fully saturated rings. The molecule has 33 nitrogen and oxygen atoms in total. The number of alkyl carbamates (subject to hydrolysis) is 1. The van der Waals surface area contributed by atoms with E-state index >= 15 is 24.0 Å². The van der Waals surface area contributed by atoms with Crippen LogP contribution in [0.15, 0.2) is 30.3 Å². The molecule has 0 aromatic heterocycles. The van der Waals surface area contributed by atoms with Gasteiger partial charge in [0, 0.05) is 45.7 Å². The maximum absolute atomic E-state index is 16.3. The smallest absolute Gasteiger partial charge is 0.410 e. The molecular weight excluding hydrogens is 1340 g/mol. The monoisotopic (exact) mass is 1450 g/mol. The van der Waals surface area contributed by atoms with Gasteiger partial charge in [0.25, 0.3) is 0 Å². The Bertz CT molecular complexity index is 3420. The Morgan fingerprint density at radius 3 is 0.767 bits per heavy atom. The van der Waals surface area contributed by atoms with E-state index in [1.165, 1.54) is 14.7 Å². The van der Waals surface area contributed by atoms with E-state index in [-0.39, 0.29) is 78.2 Å². The Kier molecular flexibility index (Phi) is 23.6. The number of rotatable bonds is 15. The highest BCUT2D eigenvalue weighted by molar-refractivity contribution is 6.04. The molecule has 574 valence electrons. The van der Waals surface area contributed by atoms with Crippen LogP contribution in [0, 0.1) is 0 Å². The molecule has 0 saturated carbocycles. The summed E-state index contributed by atoms with van der Waals surface area (Å²) in [6.45, 7) is 25.7. The summed E-state index contributed by atoms with van der Waals surface area (Å²) in [5, 5.41) is 16.9. The van der Waals surface area contributed by atoms with Crippen molar-refractivity contribution in [1.29, 1.82) is 0 Å². The SMILES string of the molecule is CCOC(=O)[C@]1(NC(=O)[C@]2(NC(=O)[C@]3(NC(=O)[C@]4(NC(=O)[C@]5(NC(=O)[C@]6(NC(=O)OCc7ccccc7)CCN(C(=O)OC(C)(C)C)C6)CCN(C(=O)OC(C)(C)C)C5)CCN(C(=O)OC(C)(C)C)C4)CCN(C(=O)OC(C)(C)C)C3)CCN(C(=O)OC(C)(C)C)C2)CCN(C(=O)OC(C)(C)C)C1. The third kappa shape index (κ3) is 20.6. The van der Waals surface area contributed by atoms with Gasteiger partial charge in [0.2, 0.25) is 29.5 Å². The largest absolute Gasteiger partial charge is 0.464 e. The molecule has 6 aliphatic rings. The van der Waals surface area contributed by atoms with Crippen LogP contribution in [0.4, 0.5) is 33.6 Å². The number of carbonyl (C=O) groups is 13. The lowest BCUT2D eigenvalue weighted by molar-refractivity contribution is -0.154. The zero-order valence-corrected chi connectivity index (χ0v) is 63.3. The quantitative estimate of drug-likeness (QED) is 0.0953. The van der Waals surface area contributed by atoms with Crippen molar-refractivity contribution < 1.29 is 100 Å². The summed E-state index contributed by atoms with van der Waals surface area (Å²) in [4.78, 5) is 199. The van der Waals surface area contributed by atoms with Crippen LogP contribution in [-0.2, 0) is 73.3 Å². The minimum Gasteiger partial charge on any atom is -0.464 e. The first-order valence-electron chi connectivity index (χ1n) is 34.9. The summed E-state index contributed by atoms with van der Waals surface area (Å²) in [5.74, 6) is -6.36. The maximum atomic E-state index is 16.3. The van der Waals surface area contributed by atoms with Crippen LogP contribution in [0.1, 0.15) is 176 Å². The van der Waals surface area contributed by atoms with Gasteiger partial charge in [-0.05, 0) is 169 Å². The standard InChI is InChI=1S/C70H108N12O21/c1-20-96-51(88)70(31-37-82(44-70)58(95)103-64(17,18)19)75-49(86)68(29-35-80(42-68)56(93)101-62(11,12)13)73-47(84)66(27-33-78(40-66)54(91)99-60(5,6)7)71-46(83)65(26-32-77(39-65)53(90)98-59(2,3)4)72-48(85)67(28-34-79(41-67)55(92)100-61(8,9)10)74-50(87)69(30-36-81(43-69)57(94)102-63(14,15)16)76-52(89)97-38-45-24-22-21-23-25-45/h21-25H,20,26-44H2,1-19H3,(H,71,83)(H,72,85)(H,73,84)(H,74,87)(H,75,86)(H,76,89)/t65-,66-,67-,68-,69-,70-/m0/s1. The first-order chi connectivity index (χ1) is 47.3. The number of esters is 1. The summed E-state index contributed by atoms with van der Waals surface area (Å²) in [6, 6.07) is 8.65. The lowest BCUT2D eigenvalue weighted by Gasteiger charge is -2.40. The van der Waals surface area contributed by atoms with Crippen molar-refractivity contribution in [2.75, 3.05) is 85.1 Å². The zero-order chi connectivity index (χ0) is 77.1. The highest BCUT2D eigenvalue weighted by Crippen LogP contribution is 2.36. The normalized spacial score (nSPS) is 25.2. The number of ether oxygens (including phenoxy) is 8. The van der Waals surface area contributed by atoms with E-state index in [0.29, 0.717) is 5.56 Å². The number of hydrogen-bond acceptors (Lipinski definition) is 21. The topological polar surface area (TPSA) is 387 Å². The fourth-order valence-corrected chi connectivity index (χ4v) is 12.7. The zero-order valence-electron chi connectivity index (χ0n) is 63.3. The van der Waals surface area contributed by atoms with Crippen LogP contribution in [0.5, 0.6) is 0 Å². The van der Waals surface area contributed by atoms with E-state index in [1.54, 1.807) is 162 Å². The lowest BCUT2D eigenvalue weighted by Crippen LogP contribution is -2.74. The van der Waals surface area contributed by atoms with Crippen LogP contribution in [-0.4, -0.2) is 260 Å². The first-order valence-corrected chi connectivity index (χ1v) is 34.9. The molecule has 6 heterocycles. The summed E-state index contributed by atoms with van der Waals surface area (Å²) < 4.78 is 45.5. The molecule has 103 heavy (non-hydrogen) atoms. The van der Waals surface area contributed by atoms with Gasteiger partial charge in [-0.2, -0.15) is 0 Å². The van der Waals surface area contributed by atoms with Gasteiger partial charge in [-0.3, -0.25) is 24.0 Å². The van der Waals surface area contributed by atoms with Crippen LogP contribution in [0.2, 0.25) is 0 Å². The molecule has 12 amide bonds. The number of likely N-dealkylation sites (tertiary alicyclic amines) is 6. The predicted molar refractivity (Wildman–Crippen MR) is 368 cm³/mol. The van der Waals surface area contributed by atoms with Gasteiger partial charge in [-0.25, -0.2) is 38.4 Å². The van der Waals surface area contributed by atoms with Crippen molar-refractivity contribution in [3.05, 3.63) is 35.9 Å². The Balaban J connectivity index is 1.33. The van der Waals surface area contributed by atoms with Gasteiger partial charge in [0.1, 0.15) is 67.9 Å². The predicted octanol–water partition coefficient (Wildman–Crippen LogP) is 5.33. The Hall–Kier alpha value is -9.07. The average molecular weight is 1450 g/mol. The van der Waals surface area contributed by atoms with Gasteiger partial charge in [0.15, 0.2) is 5.54 Å². The van der Waals surface area contributed by atoms with E-state index in [9.17, 15) is 38.4 Å². The maximum Gasteiger partial charge on any atom is 0.410 e. The fraction of sp³-hybridized carbons (Fsp3) is 0.729. The van der Waals surface area contributed by atoms with E-state index < -0.39 is 197 Å². The second kappa shape index (κ2) is 30.0. The van der Waals surface area contributed by atoms with Crippen molar-refractivity contribution in [3.63, 3.8) is 0 Å². The summed E-state index contributed by atoms with van der Waals surface area (Å²) in [5.41, 5.74) is -18.8. The number of amides is 12. The molecule has 6 saturated heterocycles. The summed E-state index contributed by atoms with van der Waals surface area (Å²) in [7, 11) is 0. The molecule has 0 radical (unpaired) electrons. The Morgan fingerprint density at radius 2 is 0.534 bits per heavy atom. The molecule has 6 aliphatic heterocycles. The molecule has 6 N–H and O–H groups in total. The minimum atomic E-state index is -2.33. The molecule has 0 bridgehead atoms. The molecular formula is C70H108N12O21. The molecule has 7 rings (SSSR count). The van der Waals surface area contributed by atoms with Crippen molar-refractivity contribution in [2.45, 2.75) is 244 Å². The third-order valence-corrected chi connectivity index (χ3v) is 17.7. The molecule has 1 aromatic carbocycles. The Morgan fingerprint density at radius 1 is 0.320 bits per heavy atom. The fourth-order valence-electron chi connectivity index (χ4n) is 12.7. The summed E-state index contributed by atoms with van der Waals surface area (Å²) in [6.07, 6.45) is -8.34. The number of benzene rings is 1. The van der Waals surface area contributed by atoms with E-state index in [4.69, 9.17) is 37.9 Å². The molecule has 0 unspecified atom stereocenters. The highest BCUT2D eigenvalue weighted by Gasteiger charge is 2.62. The second-order valence-electron chi connectivity index (χ2n) is 33.6. The van der Waals surface area contributed by atoms with Crippen LogP contribution in [0.25, 0.3) is 0 Å². The number of nitrogens with one attached hydrogen (secondary N) is 6. The van der Waals surface area contributed by atoms with Gasteiger partial charge < -0.3 is 99.2 Å². The minimum absolute atomic E-state index is 0.0925. The van der Waals surface area contributed by atoms with E-state index in [0.717, 1.165) is 14.7 Å². The lowest BCUT2D eigenvalue weighted by atomic mass is 9.87. The first kappa shape index (κ1) is 81.2. The Labute approximate surface area is 602 Å². The molecule has 0 spiro atoms. The van der Waals surface area contributed by atoms with Crippen LogP contribution < -0.4 is 31.9 Å². The summed E-state index contributed by atoms with van der Waals surface area (Å²) >= 11 is 0. The van der Waals surface area contributed by atoms with Crippen molar-refractivity contribution in [1.82, 2.24) is 61.3 Å². The number of nitrogens with zero attached hydrogens (tertiary/aromatic N) is 6. The highest BCUT2D eigenvalue weighted by atomic mass is 16.6. The molecule has 0 aliphatic carbocycles. The van der Waals surface area contributed by atoms with Crippen molar-refractivity contribution >= 4 is 78.2 Å². The van der Waals surface area contributed by atoms with Gasteiger partial charge >= 0.3 is 48.6 Å². The van der Waals surface area contributed by atoms with Crippen LogP contribution in [0.3, 0.4) is 0 Å². The second-order valence-corrected chi connectivity index (χ2v) is 33.6. The van der Waals surface area contributed by atoms with Crippen LogP contribution >= 0.6 is 0 Å². The van der Waals surface area contributed by atoms with Gasteiger partial charge in [-0.1, -0.05) is 30.3 Å². The van der Waals surface area contributed by atoms with E-state index in [2.05, 4.69) is 31.9 Å². The van der Waals surface area contributed by atoms with Crippen molar-refractivity contribution in [2.24, 2.45) is 0 Å². The molecule has 6 atom stereocenters. The van der Waals surface area contributed by atoms with Gasteiger partial charge in [-0.15, -0.1) is 0 Å². The number of hydrogen-bond donors (Lipinski definition) is 6.